The van der Waals surface area contributed by atoms with E-state index in [9.17, 15) is 4.39 Å². The van der Waals surface area contributed by atoms with Crippen LogP contribution in [0.5, 0.6) is 5.75 Å². The molecule has 2 aromatic rings. The average Bonchev–Trinajstić information content (AvgIpc) is 2.57. The van der Waals surface area contributed by atoms with E-state index in [2.05, 4.69) is 24.5 Å². The highest BCUT2D eigenvalue weighted by Crippen LogP contribution is 2.24. The standard InChI is InChI=1S/C19H22ClFN2OS/c1-12(2)10-18(13-4-7-15(24-3)8-5-13)23-19(25)22-14-6-9-17(21)16(20)11-14/h4-9,11-12,18H,10H2,1-3H3,(H2,22,23,25)/t18-/m1/s1. The van der Waals surface area contributed by atoms with E-state index >= 15 is 0 Å². The van der Waals surface area contributed by atoms with E-state index in [1.54, 1.807) is 13.2 Å². The van der Waals surface area contributed by atoms with Gasteiger partial charge in [0, 0.05) is 5.69 Å². The van der Waals surface area contributed by atoms with Crippen molar-refractivity contribution < 1.29 is 9.13 Å². The Balaban J connectivity index is 2.09. The molecule has 0 saturated heterocycles. The molecule has 2 rings (SSSR count). The largest absolute Gasteiger partial charge is 0.497 e. The van der Waals surface area contributed by atoms with E-state index in [4.69, 9.17) is 28.6 Å². The van der Waals surface area contributed by atoms with Crippen LogP contribution in [-0.4, -0.2) is 12.2 Å². The Bertz CT molecular complexity index is 722. The van der Waals surface area contributed by atoms with Crippen LogP contribution in [0.15, 0.2) is 42.5 Å². The lowest BCUT2D eigenvalue weighted by atomic mass is 9.97. The molecule has 134 valence electrons. The molecule has 25 heavy (non-hydrogen) atoms. The van der Waals surface area contributed by atoms with Gasteiger partial charge in [-0.25, -0.2) is 4.39 Å². The normalized spacial score (nSPS) is 11.9. The van der Waals surface area contributed by atoms with E-state index in [-0.39, 0.29) is 11.1 Å². The monoisotopic (exact) mass is 380 g/mol. The molecule has 0 aliphatic carbocycles. The zero-order valence-corrected chi connectivity index (χ0v) is 16.0. The second-order valence-electron chi connectivity index (χ2n) is 6.18. The summed E-state index contributed by atoms with van der Waals surface area (Å²) in [6.07, 6.45) is 0.915. The van der Waals surface area contributed by atoms with E-state index in [0.29, 0.717) is 16.7 Å². The Kier molecular flexibility index (Phi) is 7.02. The zero-order chi connectivity index (χ0) is 18.4. The van der Waals surface area contributed by atoms with Gasteiger partial charge in [0.15, 0.2) is 5.11 Å². The number of methoxy groups -OCH3 is 1. The minimum Gasteiger partial charge on any atom is -0.497 e. The Morgan fingerprint density at radius 1 is 1.20 bits per heavy atom. The second kappa shape index (κ2) is 9.02. The Hall–Kier alpha value is -1.85. The molecular weight excluding hydrogens is 359 g/mol. The van der Waals surface area contributed by atoms with Gasteiger partial charge in [-0.2, -0.15) is 0 Å². The number of ether oxygens (including phenoxy) is 1. The van der Waals surface area contributed by atoms with Gasteiger partial charge in [-0.05, 0) is 60.5 Å². The average molecular weight is 381 g/mol. The first-order valence-electron chi connectivity index (χ1n) is 8.05. The first kappa shape index (κ1) is 19.5. The van der Waals surface area contributed by atoms with Crippen molar-refractivity contribution in [2.45, 2.75) is 26.3 Å². The van der Waals surface area contributed by atoms with Gasteiger partial charge in [0.25, 0.3) is 0 Å². The molecule has 0 bridgehead atoms. The molecule has 1 atom stereocenters. The highest BCUT2D eigenvalue weighted by Gasteiger charge is 2.15. The maximum absolute atomic E-state index is 13.3. The molecule has 2 aromatic carbocycles. The number of nitrogens with one attached hydrogen (secondary N) is 2. The first-order chi connectivity index (χ1) is 11.9. The maximum atomic E-state index is 13.3. The van der Waals surface area contributed by atoms with Gasteiger partial charge in [0.2, 0.25) is 0 Å². The molecule has 0 aromatic heterocycles. The molecule has 0 radical (unpaired) electrons. The molecule has 0 saturated carbocycles. The lowest BCUT2D eigenvalue weighted by Crippen LogP contribution is -2.33. The highest BCUT2D eigenvalue weighted by atomic mass is 35.5. The van der Waals surface area contributed by atoms with Crippen molar-refractivity contribution in [3.05, 3.63) is 58.9 Å². The molecule has 0 unspecified atom stereocenters. The van der Waals surface area contributed by atoms with Crippen molar-refractivity contribution >= 4 is 34.6 Å². The molecular formula is C19H22ClFN2OS. The summed E-state index contributed by atoms with van der Waals surface area (Å²) in [5, 5.41) is 6.90. The van der Waals surface area contributed by atoms with Gasteiger partial charge in [0.05, 0.1) is 18.2 Å². The van der Waals surface area contributed by atoms with Crippen LogP contribution >= 0.6 is 23.8 Å². The van der Waals surface area contributed by atoms with Crippen LogP contribution in [0.1, 0.15) is 31.9 Å². The predicted molar refractivity (Wildman–Crippen MR) is 106 cm³/mol. The zero-order valence-electron chi connectivity index (χ0n) is 14.5. The third kappa shape index (κ3) is 5.87. The second-order valence-corrected chi connectivity index (χ2v) is 7.00. The van der Waals surface area contributed by atoms with Gasteiger partial charge in [0.1, 0.15) is 11.6 Å². The van der Waals surface area contributed by atoms with E-state index in [1.165, 1.54) is 12.1 Å². The van der Waals surface area contributed by atoms with E-state index in [0.717, 1.165) is 17.7 Å². The number of hydrogen-bond donors (Lipinski definition) is 2. The fourth-order valence-electron chi connectivity index (χ4n) is 2.49. The maximum Gasteiger partial charge on any atom is 0.171 e. The molecule has 0 spiro atoms. The van der Waals surface area contributed by atoms with Crippen molar-refractivity contribution in [3.8, 4) is 5.75 Å². The third-order valence-electron chi connectivity index (χ3n) is 3.71. The molecule has 0 fully saturated rings. The summed E-state index contributed by atoms with van der Waals surface area (Å²) in [6.45, 7) is 4.32. The predicted octanol–water partition coefficient (Wildman–Crippen LogP) is 5.56. The Labute approximate surface area is 158 Å². The number of hydrogen-bond acceptors (Lipinski definition) is 2. The number of rotatable bonds is 6. The van der Waals surface area contributed by atoms with Crippen molar-refractivity contribution in [2.75, 3.05) is 12.4 Å². The molecule has 0 amide bonds. The molecule has 0 aliphatic rings. The van der Waals surface area contributed by atoms with E-state index < -0.39 is 5.82 Å². The van der Waals surface area contributed by atoms with E-state index in [1.807, 2.05) is 24.3 Å². The lowest BCUT2D eigenvalue weighted by Gasteiger charge is -2.23. The van der Waals surface area contributed by atoms with Gasteiger partial charge in [-0.3, -0.25) is 0 Å². The fraction of sp³-hybridized carbons (Fsp3) is 0.316. The summed E-state index contributed by atoms with van der Waals surface area (Å²) in [7, 11) is 1.64. The van der Waals surface area contributed by atoms with Gasteiger partial charge in [-0.15, -0.1) is 0 Å². The summed E-state index contributed by atoms with van der Waals surface area (Å²) in [4.78, 5) is 0. The van der Waals surface area contributed by atoms with Crippen LogP contribution in [0.4, 0.5) is 10.1 Å². The van der Waals surface area contributed by atoms with Crippen molar-refractivity contribution in [1.82, 2.24) is 5.32 Å². The number of anilines is 1. The highest BCUT2D eigenvalue weighted by molar-refractivity contribution is 7.80. The number of benzene rings is 2. The van der Waals surface area contributed by atoms with Crippen molar-refractivity contribution in [3.63, 3.8) is 0 Å². The van der Waals surface area contributed by atoms with Gasteiger partial charge in [-0.1, -0.05) is 37.6 Å². The Morgan fingerprint density at radius 3 is 2.44 bits per heavy atom. The molecule has 6 heteroatoms. The summed E-state index contributed by atoms with van der Waals surface area (Å²) in [6, 6.07) is 12.4. The smallest absolute Gasteiger partial charge is 0.171 e. The SMILES string of the molecule is COc1ccc([C@@H](CC(C)C)NC(=S)Nc2ccc(F)c(Cl)c2)cc1. The van der Waals surface area contributed by atoms with Gasteiger partial charge >= 0.3 is 0 Å². The van der Waals surface area contributed by atoms with Crippen molar-refractivity contribution in [1.29, 1.82) is 0 Å². The van der Waals surface area contributed by atoms with Crippen LogP contribution in [0.2, 0.25) is 5.02 Å². The van der Waals surface area contributed by atoms with Crippen LogP contribution < -0.4 is 15.4 Å². The van der Waals surface area contributed by atoms with Gasteiger partial charge < -0.3 is 15.4 Å². The third-order valence-corrected chi connectivity index (χ3v) is 4.22. The summed E-state index contributed by atoms with van der Waals surface area (Å²) < 4.78 is 18.5. The number of halogens is 2. The molecule has 0 aliphatic heterocycles. The van der Waals surface area contributed by atoms with Crippen LogP contribution in [0.3, 0.4) is 0 Å². The summed E-state index contributed by atoms with van der Waals surface area (Å²) in [5.74, 6) is 0.846. The Morgan fingerprint density at radius 2 is 1.88 bits per heavy atom. The van der Waals surface area contributed by atoms with Crippen LogP contribution in [-0.2, 0) is 0 Å². The first-order valence-corrected chi connectivity index (χ1v) is 8.84. The minimum absolute atomic E-state index is 0.0571. The lowest BCUT2D eigenvalue weighted by molar-refractivity contribution is 0.414. The quantitative estimate of drug-likeness (QED) is 0.642. The van der Waals surface area contributed by atoms with Crippen LogP contribution in [0.25, 0.3) is 0 Å². The number of thiocarbonyl (C=S) groups is 1. The van der Waals surface area contributed by atoms with Crippen molar-refractivity contribution in [2.24, 2.45) is 5.92 Å². The minimum atomic E-state index is -0.456. The molecule has 2 N–H and O–H groups in total. The fourth-order valence-corrected chi connectivity index (χ4v) is 2.93. The molecule has 0 heterocycles. The summed E-state index contributed by atoms with van der Waals surface area (Å²) >= 11 is 11.2. The topological polar surface area (TPSA) is 33.3 Å². The summed E-state index contributed by atoms with van der Waals surface area (Å²) in [5.41, 5.74) is 1.76. The van der Waals surface area contributed by atoms with Crippen LogP contribution in [0, 0.1) is 11.7 Å². The molecule has 3 nitrogen and oxygen atoms in total.